The molecule has 3 aromatic rings. The van der Waals surface area contributed by atoms with Gasteiger partial charge in [-0.2, -0.15) is 4.98 Å². The van der Waals surface area contributed by atoms with Gasteiger partial charge >= 0.3 is 0 Å². The Morgan fingerprint density at radius 2 is 1.88 bits per heavy atom. The summed E-state index contributed by atoms with van der Waals surface area (Å²) >= 11 is 6.16. The van der Waals surface area contributed by atoms with Crippen LogP contribution in [0.15, 0.2) is 48.8 Å². The van der Waals surface area contributed by atoms with E-state index in [2.05, 4.69) is 25.6 Å². The molecular formula is C18H18ClN5O. The fourth-order valence-corrected chi connectivity index (χ4v) is 2.54. The first-order valence-electron chi connectivity index (χ1n) is 7.73. The zero-order valence-corrected chi connectivity index (χ0v) is 14.7. The molecule has 0 saturated heterocycles. The largest absolute Gasteiger partial charge is 0.495 e. The van der Waals surface area contributed by atoms with E-state index < -0.39 is 0 Å². The second kappa shape index (κ2) is 7.81. The fourth-order valence-electron chi connectivity index (χ4n) is 2.29. The van der Waals surface area contributed by atoms with E-state index >= 15 is 0 Å². The van der Waals surface area contributed by atoms with Gasteiger partial charge in [-0.25, -0.2) is 4.98 Å². The van der Waals surface area contributed by atoms with Gasteiger partial charge in [0.05, 0.1) is 12.1 Å². The average molecular weight is 356 g/mol. The number of hydrogen-bond acceptors (Lipinski definition) is 6. The number of nitrogens with one attached hydrogen (secondary N) is 2. The molecular weight excluding hydrogens is 338 g/mol. The summed E-state index contributed by atoms with van der Waals surface area (Å²) in [5.74, 6) is 1.87. The predicted octanol–water partition coefficient (Wildman–Crippen LogP) is 4.20. The summed E-state index contributed by atoms with van der Waals surface area (Å²) in [6, 6.07) is 11.2. The van der Waals surface area contributed by atoms with Crippen LogP contribution in [-0.2, 0) is 6.54 Å². The molecule has 2 heterocycles. The van der Waals surface area contributed by atoms with Gasteiger partial charge in [0.25, 0.3) is 0 Å². The van der Waals surface area contributed by atoms with Crippen molar-refractivity contribution in [2.24, 2.45) is 0 Å². The van der Waals surface area contributed by atoms with Crippen molar-refractivity contribution in [3.05, 3.63) is 65.1 Å². The summed E-state index contributed by atoms with van der Waals surface area (Å²) in [7, 11) is 1.59. The van der Waals surface area contributed by atoms with Crippen molar-refractivity contribution in [1.29, 1.82) is 0 Å². The molecule has 0 aliphatic rings. The van der Waals surface area contributed by atoms with E-state index in [0.29, 0.717) is 29.1 Å². The van der Waals surface area contributed by atoms with Crippen LogP contribution >= 0.6 is 11.6 Å². The van der Waals surface area contributed by atoms with Gasteiger partial charge in [0, 0.05) is 36.4 Å². The van der Waals surface area contributed by atoms with Crippen molar-refractivity contribution in [2.45, 2.75) is 13.5 Å². The number of halogens is 1. The van der Waals surface area contributed by atoms with Gasteiger partial charge in [0.15, 0.2) is 0 Å². The second-order valence-electron chi connectivity index (χ2n) is 5.40. The van der Waals surface area contributed by atoms with Crippen molar-refractivity contribution in [3.8, 4) is 5.75 Å². The Bertz CT molecular complexity index is 857. The van der Waals surface area contributed by atoms with Gasteiger partial charge in [-0.1, -0.05) is 11.6 Å². The first-order chi connectivity index (χ1) is 12.1. The molecule has 1 aromatic carbocycles. The molecule has 0 saturated carbocycles. The lowest BCUT2D eigenvalue weighted by Gasteiger charge is -2.11. The van der Waals surface area contributed by atoms with Gasteiger partial charge in [-0.05, 0) is 42.8 Å². The molecule has 7 heteroatoms. The van der Waals surface area contributed by atoms with Crippen molar-refractivity contribution in [2.75, 3.05) is 17.7 Å². The molecule has 0 amide bonds. The number of hydrogen-bond donors (Lipinski definition) is 2. The van der Waals surface area contributed by atoms with E-state index in [1.807, 2.05) is 31.2 Å². The molecule has 2 N–H and O–H groups in total. The van der Waals surface area contributed by atoms with Crippen LogP contribution in [0.2, 0.25) is 5.02 Å². The number of benzene rings is 1. The monoisotopic (exact) mass is 355 g/mol. The van der Waals surface area contributed by atoms with Gasteiger partial charge in [0.2, 0.25) is 5.95 Å². The van der Waals surface area contributed by atoms with E-state index in [9.17, 15) is 0 Å². The normalized spacial score (nSPS) is 10.4. The lowest BCUT2D eigenvalue weighted by Crippen LogP contribution is -2.06. The molecule has 0 bridgehead atoms. The van der Waals surface area contributed by atoms with Crippen molar-refractivity contribution < 1.29 is 4.74 Å². The number of anilines is 3. The van der Waals surface area contributed by atoms with Crippen LogP contribution in [0.4, 0.5) is 17.5 Å². The highest BCUT2D eigenvalue weighted by Gasteiger charge is 2.06. The van der Waals surface area contributed by atoms with Crippen LogP contribution in [0.5, 0.6) is 5.75 Å². The first-order valence-corrected chi connectivity index (χ1v) is 8.11. The maximum absolute atomic E-state index is 6.16. The Balaban J connectivity index is 1.74. The maximum atomic E-state index is 6.16. The number of pyridine rings is 1. The number of methoxy groups -OCH3 is 1. The highest BCUT2D eigenvalue weighted by atomic mass is 35.5. The van der Waals surface area contributed by atoms with E-state index in [1.54, 1.807) is 31.6 Å². The van der Waals surface area contributed by atoms with E-state index in [0.717, 1.165) is 16.9 Å². The molecule has 128 valence electrons. The number of aryl methyl sites for hydroxylation is 1. The van der Waals surface area contributed by atoms with E-state index in [1.165, 1.54) is 0 Å². The van der Waals surface area contributed by atoms with Gasteiger partial charge < -0.3 is 15.4 Å². The topological polar surface area (TPSA) is 72.0 Å². The summed E-state index contributed by atoms with van der Waals surface area (Å²) in [5, 5.41) is 6.99. The third-order valence-electron chi connectivity index (χ3n) is 3.48. The Morgan fingerprint density at radius 3 is 2.60 bits per heavy atom. The lowest BCUT2D eigenvalue weighted by atomic mass is 10.3. The molecule has 0 aliphatic heterocycles. The standard InChI is InChI=1S/C18H18ClN5O/c1-12-9-17(23-14-3-4-16(25-2)15(19)10-14)24-18(22-12)21-11-13-5-7-20-8-6-13/h3-10H,11H2,1-2H3,(H2,21,22,23,24). The smallest absolute Gasteiger partial charge is 0.225 e. The van der Waals surface area contributed by atoms with Crippen LogP contribution in [-0.4, -0.2) is 22.1 Å². The Labute approximate surface area is 151 Å². The van der Waals surface area contributed by atoms with Crippen LogP contribution in [0, 0.1) is 6.92 Å². The summed E-state index contributed by atoms with van der Waals surface area (Å²) < 4.78 is 5.16. The van der Waals surface area contributed by atoms with Crippen LogP contribution in [0.3, 0.4) is 0 Å². The Morgan fingerprint density at radius 1 is 1.08 bits per heavy atom. The molecule has 2 aromatic heterocycles. The zero-order chi connectivity index (χ0) is 17.6. The Kier molecular flexibility index (Phi) is 5.30. The summed E-state index contributed by atoms with van der Waals surface area (Å²) in [5.41, 5.74) is 2.79. The summed E-state index contributed by atoms with van der Waals surface area (Å²) in [6.07, 6.45) is 3.52. The van der Waals surface area contributed by atoms with Crippen molar-refractivity contribution in [1.82, 2.24) is 15.0 Å². The number of rotatable bonds is 6. The highest BCUT2D eigenvalue weighted by Crippen LogP contribution is 2.28. The third kappa shape index (κ3) is 4.58. The molecule has 3 rings (SSSR count). The Hall–Kier alpha value is -2.86. The fraction of sp³-hybridized carbons (Fsp3) is 0.167. The molecule has 0 unspecified atom stereocenters. The van der Waals surface area contributed by atoms with E-state index in [4.69, 9.17) is 16.3 Å². The SMILES string of the molecule is COc1ccc(Nc2cc(C)nc(NCc3ccncc3)n2)cc1Cl. The zero-order valence-electron chi connectivity index (χ0n) is 14.0. The van der Waals surface area contributed by atoms with Crippen LogP contribution in [0.25, 0.3) is 0 Å². The minimum Gasteiger partial charge on any atom is -0.495 e. The predicted molar refractivity (Wildman–Crippen MR) is 99.6 cm³/mol. The maximum Gasteiger partial charge on any atom is 0.225 e. The number of nitrogens with zero attached hydrogens (tertiary/aromatic N) is 3. The lowest BCUT2D eigenvalue weighted by molar-refractivity contribution is 0.415. The summed E-state index contributed by atoms with van der Waals surface area (Å²) in [6.45, 7) is 2.55. The minimum atomic E-state index is 0.536. The van der Waals surface area contributed by atoms with Gasteiger partial charge in [-0.15, -0.1) is 0 Å². The average Bonchev–Trinajstić information content (AvgIpc) is 2.61. The molecule has 0 atom stereocenters. The third-order valence-corrected chi connectivity index (χ3v) is 3.77. The quantitative estimate of drug-likeness (QED) is 0.690. The van der Waals surface area contributed by atoms with Crippen molar-refractivity contribution in [3.63, 3.8) is 0 Å². The molecule has 6 nitrogen and oxygen atoms in total. The van der Waals surface area contributed by atoms with Gasteiger partial charge in [0.1, 0.15) is 11.6 Å². The van der Waals surface area contributed by atoms with Gasteiger partial charge in [-0.3, -0.25) is 4.98 Å². The number of ether oxygens (including phenoxy) is 1. The van der Waals surface area contributed by atoms with Crippen LogP contribution in [0.1, 0.15) is 11.3 Å². The number of aromatic nitrogens is 3. The minimum absolute atomic E-state index is 0.536. The molecule has 0 aliphatic carbocycles. The molecule has 0 spiro atoms. The molecule has 25 heavy (non-hydrogen) atoms. The second-order valence-corrected chi connectivity index (χ2v) is 5.81. The van der Waals surface area contributed by atoms with E-state index in [-0.39, 0.29) is 0 Å². The highest BCUT2D eigenvalue weighted by molar-refractivity contribution is 6.32. The molecule has 0 radical (unpaired) electrons. The first kappa shape index (κ1) is 17.0. The van der Waals surface area contributed by atoms with Crippen LogP contribution < -0.4 is 15.4 Å². The molecule has 0 fully saturated rings. The van der Waals surface area contributed by atoms with Crippen molar-refractivity contribution >= 4 is 29.1 Å². The summed E-state index contributed by atoms with van der Waals surface area (Å²) in [4.78, 5) is 12.9.